The summed E-state index contributed by atoms with van der Waals surface area (Å²) in [5, 5.41) is 13.3. The van der Waals surface area contributed by atoms with Gasteiger partial charge in [0.2, 0.25) is 0 Å². The van der Waals surface area contributed by atoms with E-state index in [9.17, 15) is 9.50 Å². The molecule has 0 aliphatic heterocycles. The van der Waals surface area contributed by atoms with Crippen LogP contribution in [0.2, 0.25) is 0 Å². The smallest absolute Gasteiger partial charge is 0.123 e. The molecule has 0 amide bonds. The molecule has 2 nitrogen and oxygen atoms in total. The quantitative estimate of drug-likeness (QED) is 0.881. The molecule has 0 saturated heterocycles. The number of likely N-dealkylation sites (N-methyl/N-ethyl adjacent to an activating group) is 1. The van der Waals surface area contributed by atoms with E-state index in [1.54, 1.807) is 11.8 Å². The Labute approximate surface area is 112 Å². The van der Waals surface area contributed by atoms with E-state index in [0.29, 0.717) is 5.25 Å². The first-order valence-electron chi connectivity index (χ1n) is 6.39. The first-order chi connectivity index (χ1) is 8.67. The van der Waals surface area contributed by atoms with Crippen LogP contribution in [0.1, 0.15) is 25.7 Å². The van der Waals surface area contributed by atoms with Crippen molar-refractivity contribution >= 4 is 11.8 Å². The number of rotatable bonds is 4. The van der Waals surface area contributed by atoms with Crippen LogP contribution in [0.5, 0.6) is 0 Å². The monoisotopic (exact) mass is 269 g/mol. The van der Waals surface area contributed by atoms with Crippen LogP contribution in [-0.4, -0.2) is 29.5 Å². The van der Waals surface area contributed by atoms with Gasteiger partial charge in [-0.05, 0) is 50.6 Å². The molecule has 2 unspecified atom stereocenters. The van der Waals surface area contributed by atoms with Gasteiger partial charge >= 0.3 is 0 Å². The van der Waals surface area contributed by atoms with E-state index < -0.39 is 0 Å². The SMILES string of the molecule is CNC1(CO)CCCC(Sc2ccc(F)cc2)C1. The summed E-state index contributed by atoms with van der Waals surface area (Å²) in [6.45, 7) is 0.185. The molecule has 2 rings (SSSR count). The zero-order chi connectivity index (χ0) is 13.0. The summed E-state index contributed by atoms with van der Waals surface area (Å²) < 4.78 is 12.8. The molecule has 0 radical (unpaired) electrons. The number of halogens is 1. The number of benzene rings is 1. The maximum Gasteiger partial charge on any atom is 0.123 e. The highest BCUT2D eigenvalue weighted by Gasteiger charge is 2.34. The second-order valence-corrected chi connectivity index (χ2v) is 6.35. The number of nitrogens with one attached hydrogen (secondary N) is 1. The first-order valence-corrected chi connectivity index (χ1v) is 7.27. The average Bonchev–Trinajstić information content (AvgIpc) is 2.41. The molecule has 1 aliphatic carbocycles. The molecule has 1 aromatic rings. The largest absolute Gasteiger partial charge is 0.394 e. The lowest BCUT2D eigenvalue weighted by Gasteiger charge is -2.39. The molecule has 1 aromatic carbocycles. The molecule has 4 heteroatoms. The fourth-order valence-corrected chi connectivity index (χ4v) is 3.93. The number of thioether (sulfide) groups is 1. The first kappa shape index (κ1) is 13.8. The number of aliphatic hydroxyl groups is 1. The molecule has 0 heterocycles. The Morgan fingerprint density at radius 1 is 1.44 bits per heavy atom. The highest BCUT2D eigenvalue weighted by atomic mass is 32.2. The topological polar surface area (TPSA) is 32.3 Å². The predicted molar refractivity (Wildman–Crippen MR) is 73.4 cm³/mol. The van der Waals surface area contributed by atoms with Gasteiger partial charge in [0, 0.05) is 15.7 Å². The van der Waals surface area contributed by atoms with Crippen LogP contribution in [0.25, 0.3) is 0 Å². The van der Waals surface area contributed by atoms with Gasteiger partial charge in [-0.15, -0.1) is 11.8 Å². The molecule has 2 N–H and O–H groups in total. The van der Waals surface area contributed by atoms with Gasteiger partial charge in [0.05, 0.1) is 6.61 Å². The second kappa shape index (κ2) is 6.04. The van der Waals surface area contributed by atoms with Crippen LogP contribution in [-0.2, 0) is 0 Å². The Hall–Kier alpha value is -0.580. The Morgan fingerprint density at radius 2 is 2.17 bits per heavy atom. The van der Waals surface area contributed by atoms with E-state index in [2.05, 4.69) is 5.32 Å². The van der Waals surface area contributed by atoms with Crippen molar-refractivity contribution in [3.8, 4) is 0 Å². The molecule has 1 fully saturated rings. The van der Waals surface area contributed by atoms with Crippen LogP contribution in [0.4, 0.5) is 4.39 Å². The normalized spacial score (nSPS) is 28.3. The minimum atomic E-state index is -0.192. The Bertz CT molecular complexity index is 378. The Morgan fingerprint density at radius 3 is 2.78 bits per heavy atom. The van der Waals surface area contributed by atoms with Crippen molar-refractivity contribution in [1.29, 1.82) is 0 Å². The summed E-state index contributed by atoms with van der Waals surface area (Å²) in [5.74, 6) is -0.192. The van der Waals surface area contributed by atoms with Crippen LogP contribution in [0, 0.1) is 5.82 Å². The third-order valence-corrected chi connectivity index (χ3v) is 5.03. The lowest BCUT2D eigenvalue weighted by Crippen LogP contribution is -2.50. The molecular weight excluding hydrogens is 249 g/mol. The number of aliphatic hydroxyl groups excluding tert-OH is 1. The number of hydrogen-bond donors (Lipinski definition) is 2. The highest BCUT2D eigenvalue weighted by Crippen LogP contribution is 2.38. The molecule has 1 saturated carbocycles. The van der Waals surface area contributed by atoms with Crippen LogP contribution in [0.15, 0.2) is 29.2 Å². The van der Waals surface area contributed by atoms with Gasteiger partial charge in [0.15, 0.2) is 0 Å². The van der Waals surface area contributed by atoms with Crippen LogP contribution in [0.3, 0.4) is 0 Å². The van der Waals surface area contributed by atoms with Crippen molar-refractivity contribution in [2.45, 2.75) is 41.4 Å². The van der Waals surface area contributed by atoms with E-state index in [0.717, 1.165) is 30.6 Å². The van der Waals surface area contributed by atoms with Crippen molar-refractivity contribution in [1.82, 2.24) is 5.32 Å². The molecule has 1 aliphatic rings. The maximum atomic E-state index is 12.8. The van der Waals surface area contributed by atoms with E-state index in [4.69, 9.17) is 0 Å². The van der Waals surface area contributed by atoms with Crippen molar-refractivity contribution < 1.29 is 9.50 Å². The zero-order valence-electron chi connectivity index (χ0n) is 10.7. The van der Waals surface area contributed by atoms with E-state index in [-0.39, 0.29) is 18.0 Å². The highest BCUT2D eigenvalue weighted by molar-refractivity contribution is 8.00. The molecule has 100 valence electrons. The lowest BCUT2D eigenvalue weighted by molar-refractivity contribution is 0.131. The molecular formula is C14H20FNOS. The Kier molecular flexibility index (Phi) is 4.65. The van der Waals surface area contributed by atoms with Crippen molar-refractivity contribution in [2.24, 2.45) is 0 Å². The van der Waals surface area contributed by atoms with Crippen molar-refractivity contribution in [3.63, 3.8) is 0 Å². The van der Waals surface area contributed by atoms with Gasteiger partial charge in [-0.3, -0.25) is 0 Å². The van der Waals surface area contributed by atoms with Gasteiger partial charge in [-0.1, -0.05) is 6.42 Å². The standard InChI is InChI=1S/C14H20FNOS/c1-16-14(10-17)8-2-3-13(9-14)18-12-6-4-11(15)5-7-12/h4-7,13,16-17H,2-3,8-10H2,1H3. The van der Waals surface area contributed by atoms with Crippen molar-refractivity contribution in [2.75, 3.05) is 13.7 Å². The summed E-state index contributed by atoms with van der Waals surface area (Å²) >= 11 is 1.79. The van der Waals surface area contributed by atoms with Gasteiger partial charge < -0.3 is 10.4 Å². The molecule has 0 aromatic heterocycles. The van der Waals surface area contributed by atoms with Crippen LogP contribution >= 0.6 is 11.8 Å². The molecule has 2 atom stereocenters. The van der Waals surface area contributed by atoms with Crippen LogP contribution < -0.4 is 5.32 Å². The minimum absolute atomic E-state index is 0.129. The summed E-state index contributed by atoms with van der Waals surface area (Å²) in [5.41, 5.74) is -0.129. The molecule has 0 spiro atoms. The lowest BCUT2D eigenvalue weighted by atomic mass is 9.82. The molecule has 18 heavy (non-hydrogen) atoms. The zero-order valence-corrected chi connectivity index (χ0v) is 11.5. The summed E-state index contributed by atoms with van der Waals surface area (Å²) in [6.07, 6.45) is 4.27. The second-order valence-electron chi connectivity index (χ2n) is 4.98. The van der Waals surface area contributed by atoms with E-state index in [1.807, 2.05) is 19.2 Å². The van der Waals surface area contributed by atoms with Gasteiger partial charge in [-0.25, -0.2) is 4.39 Å². The predicted octanol–water partition coefficient (Wildman–Crippen LogP) is 2.81. The Balaban J connectivity index is 1.99. The molecule has 0 bridgehead atoms. The van der Waals surface area contributed by atoms with E-state index in [1.165, 1.54) is 12.1 Å². The number of hydrogen-bond acceptors (Lipinski definition) is 3. The average molecular weight is 269 g/mol. The summed E-state index contributed by atoms with van der Waals surface area (Å²) in [6, 6.07) is 6.66. The van der Waals surface area contributed by atoms with Gasteiger partial charge in [0.1, 0.15) is 5.82 Å². The maximum absolute atomic E-state index is 12.8. The van der Waals surface area contributed by atoms with E-state index >= 15 is 0 Å². The van der Waals surface area contributed by atoms with Gasteiger partial charge in [0.25, 0.3) is 0 Å². The fourth-order valence-electron chi connectivity index (χ4n) is 2.56. The summed E-state index contributed by atoms with van der Waals surface area (Å²) in [4.78, 5) is 1.10. The summed E-state index contributed by atoms with van der Waals surface area (Å²) in [7, 11) is 1.92. The minimum Gasteiger partial charge on any atom is -0.394 e. The fraction of sp³-hybridized carbons (Fsp3) is 0.571. The van der Waals surface area contributed by atoms with Crippen molar-refractivity contribution in [3.05, 3.63) is 30.1 Å². The third kappa shape index (κ3) is 3.25. The third-order valence-electron chi connectivity index (χ3n) is 3.75. The van der Waals surface area contributed by atoms with Gasteiger partial charge in [-0.2, -0.15) is 0 Å².